The molecular formula is C11H20N2O3S. The Morgan fingerprint density at radius 3 is 2.47 bits per heavy atom. The first kappa shape index (κ1) is 14.3. The zero-order valence-electron chi connectivity index (χ0n) is 10.4. The van der Waals surface area contributed by atoms with Gasteiger partial charge in [-0.05, 0) is 6.26 Å². The largest absolute Gasteiger partial charge is 0.389 e. The van der Waals surface area contributed by atoms with Crippen LogP contribution in [0.3, 0.4) is 0 Å². The number of carbonyl (C=O) groups excluding carboxylic acids is 2. The quantitative estimate of drug-likeness (QED) is 0.763. The van der Waals surface area contributed by atoms with Crippen LogP contribution in [0.15, 0.2) is 0 Å². The average Bonchev–Trinajstić information content (AvgIpc) is 2.48. The third kappa shape index (κ3) is 4.55. The van der Waals surface area contributed by atoms with Crippen molar-refractivity contribution in [3.63, 3.8) is 0 Å². The van der Waals surface area contributed by atoms with Crippen molar-refractivity contribution in [2.45, 2.75) is 19.4 Å². The maximum atomic E-state index is 11.8. The molecule has 2 amide bonds. The fourth-order valence-corrected chi connectivity index (χ4v) is 2.23. The summed E-state index contributed by atoms with van der Waals surface area (Å²) in [6.07, 6.45) is 1.82. The van der Waals surface area contributed by atoms with Gasteiger partial charge in [-0.25, -0.2) is 0 Å². The Bertz CT molecular complexity index is 286. The van der Waals surface area contributed by atoms with Crippen LogP contribution in [0.4, 0.5) is 0 Å². The zero-order valence-corrected chi connectivity index (χ0v) is 11.2. The van der Waals surface area contributed by atoms with E-state index in [4.69, 9.17) is 0 Å². The Labute approximate surface area is 106 Å². The number of thioether (sulfide) groups is 1. The molecule has 98 valence electrons. The van der Waals surface area contributed by atoms with E-state index >= 15 is 0 Å². The van der Waals surface area contributed by atoms with E-state index in [9.17, 15) is 14.7 Å². The van der Waals surface area contributed by atoms with Gasteiger partial charge >= 0.3 is 0 Å². The first-order valence-electron chi connectivity index (χ1n) is 5.75. The summed E-state index contributed by atoms with van der Waals surface area (Å²) in [6, 6.07) is 0. The monoisotopic (exact) mass is 260 g/mol. The van der Waals surface area contributed by atoms with Crippen LogP contribution in [0.25, 0.3) is 0 Å². The maximum Gasteiger partial charge on any atom is 0.223 e. The molecule has 1 fully saturated rings. The van der Waals surface area contributed by atoms with Crippen LogP contribution in [-0.4, -0.2) is 71.0 Å². The molecule has 0 spiro atoms. The number of hydrogen-bond donors (Lipinski definition) is 1. The average molecular weight is 260 g/mol. The number of nitrogens with zero attached hydrogens (tertiary/aromatic N) is 2. The lowest BCUT2D eigenvalue weighted by atomic mass is 10.3. The first-order chi connectivity index (χ1) is 8.04. The van der Waals surface area contributed by atoms with Crippen LogP contribution in [0.1, 0.15) is 13.3 Å². The first-order valence-corrected chi connectivity index (χ1v) is 7.14. The molecule has 1 aliphatic heterocycles. The fourth-order valence-electron chi connectivity index (χ4n) is 1.85. The number of rotatable bonds is 3. The molecule has 0 saturated carbocycles. The van der Waals surface area contributed by atoms with Crippen molar-refractivity contribution in [1.82, 2.24) is 9.80 Å². The van der Waals surface area contributed by atoms with E-state index in [1.54, 1.807) is 21.6 Å². The highest BCUT2D eigenvalue weighted by Gasteiger charge is 2.24. The van der Waals surface area contributed by atoms with Gasteiger partial charge in [0.1, 0.15) is 0 Å². The molecule has 1 atom stereocenters. The molecule has 0 aliphatic carbocycles. The highest BCUT2D eigenvalue weighted by Crippen LogP contribution is 2.07. The van der Waals surface area contributed by atoms with Crippen molar-refractivity contribution in [2.75, 3.05) is 38.2 Å². The Balaban J connectivity index is 2.53. The number of amides is 2. The molecule has 6 heteroatoms. The lowest BCUT2D eigenvalue weighted by Gasteiger charge is -2.21. The van der Waals surface area contributed by atoms with Crippen LogP contribution in [-0.2, 0) is 9.59 Å². The van der Waals surface area contributed by atoms with Gasteiger partial charge in [0.2, 0.25) is 11.8 Å². The van der Waals surface area contributed by atoms with Gasteiger partial charge in [-0.15, -0.1) is 0 Å². The van der Waals surface area contributed by atoms with Gasteiger partial charge in [-0.1, -0.05) is 0 Å². The summed E-state index contributed by atoms with van der Waals surface area (Å²) in [6.45, 7) is 3.16. The molecule has 1 aliphatic rings. The molecule has 0 radical (unpaired) electrons. The van der Waals surface area contributed by atoms with Gasteiger partial charge in [0.05, 0.1) is 6.10 Å². The van der Waals surface area contributed by atoms with E-state index in [0.29, 0.717) is 32.6 Å². The maximum absolute atomic E-state index is 11.8. The second-order valence-corrected chi connectivity index (χ2v) is 5.19. The van der Waals surface area contributed by atoms with Crippen molar-refractivity contribution < 1.29 is 14.7 Å². The van der Waals surface area contributed by atoms with Crippen LogP contribution in [0.2, 0.25) is 0 Å². The molecule has 17 heavy (non-hydrogen) atoms. The van der Waals surface area contributed by atoms with Crippen LogP contribution in [0, 0.1) is 0 Å². The molecule has 0 aromatic rings. The lowest BCUT2D eigenvalue weighted by Crippen LogP contribution is -2.37. The number of hydrogen-bond acceptors (Lipinski definition) is 4. The Hall–Kier alpha value is -0.750. The van der Waals surface area contributed by atoms with Crippen LogP contribution < -0.4 is 0 Å². The van der Waals surface area contributed by atoms with Crippen molar-refractivity contribution in [1.29, 1.82) is 0 Å². The van der Waals surface area contributed by atoms with E-state index in [1.165, 1.54) is 6.92 Å². The summed E-state index contributed by atoms with van der Waals surface area (Å²) in [5.74, 6) is 0.799. The topological polar surface area (TPSA) is 60.9 Å². The minimum Gasteiger partial charge on any atom is -0.389 e. The highest BCUT2D eigenvalue weighted by molar-refractivity contribution is 7.98. The third-order valence-corrected chi connectivity index (χ3v) is 3.43. The second kappa shape index (κ2) is 6.86. The number of aliphatic hydroxyl groups is 1. The van der Waals surface area contributed by atoms with Gasteiger partial charge in [-0.3, -0.25) is 9.59 Å². The Morgan fingerprint density at radius 2 is 1.88 bits per heavy atom. The summed E-state index contributed by atoms with van der Waals surface area (Å²) < 4.78 is 0. The second-order valence-electron chi connectivity index (χ2n) is 4.20. The number of carbonyl (C=O) groups is 2. The van der Waals surface area contributed by atoms with Gasteiger partial charge in [0, 0.05) is 45.3 Å². The van der Waals surface area contributed by atoms with Gasteiger partial charge < -0.3 is 14.9 Å². The third-order valence-electron chi connectivity index (χ3n) is 2.82. The summed E-state index contributed by atoms with van der Waals surface area (Å²) in [5, 5.41) is 9.76. The minimum atomic E-state index is -0.639. The summed E-state index contributed by atoms with van der Waals surface area (Å²) in [4.78, 5) is 26.3. The molecule has 0 aromatic heterocycles. The molecule has 1 N–H and O–H groups in total. The number of aliphatic hydroxyl groups excluding tert-OH is 1. The Kier molecular flexibility index (Phi) is 5.77. The lowest BCUT2D eigenvalue weighted by molar-refractivity contribution is -0.132. The predicted molar refractivity (Wildman–Crippen MR) is 67.8 cm³/mol. The van der Waals surface area contributed by atoms with Gasteiger partial charge in [-0.2, -0.15) is 11.8 Å². The smallest absolute Gasteiger partial charge is 0.223 e. The van der Waals surface area contributed by atoms with Crippen molar-refractivity contribution in [3.05, 3.63) is 0 Å². The van der Waals surface area contributed by atoms with Crippen molar-refractivity contribution >= 4 is 23.6 Å². The molecule has 5 nitrogen and oxygen atoms in total. The van der Waals surface area contributed by atoms with E-state index in [1.807, 2.05) is 6.26 Å². The van der Waals surface area contributed by atoms with E-state index in [2.05, 4.69) is 0 Å². The molecular weight excluding hydrogens is 240 g/mol. The van der Waals surface area contributed by atoms with Gasteiger partial charge in [0.25, 0.3) is 0 Å². The molecule has 0 aromatic carbocycles. The summed E-state index contributed by atoms with van der Waals surface area (Å²) in [7, 11) is 0. The molecule has 1 rings (SSSR count). The fraction of sp³-hybridized carbons (Fsp3) is 0.818. The van der Waals surface area contributed by atoms with Crippen LogP contribution in [0.5, 0.6) is 0 Å². The SMILES string of the molecule is CSCCC(=O)N1CCN(C(C)=O)C[C@@H](O)C1. The van der Waals surface area contributed by atoms with Crippen molar-refractivity contribution in [2.24, 2.45) is 0 Å². The molecule has 1 heterocycles. The van der Waals surface area contributed by atoms with E-state index in [-0.39, 0.29) is 11.8 Å². The highest BCUT2D eigenvalue weighted by atomic mass is 32.2. The summed E-state index contributed by atoms with van der Waals surface area (Å²) in [5.41, 5.74) is 0. The summed E-state index contributed by atoms with van der Waals surface area (Å²) >= 11 is 1.63. The van der Waals surface area contributed by atoms with Crippen LogP contribution >= 0.6 is 11.8 Å². The minimum absolute atomic E-state index is 0.0533. The molecule has 1 saturated heterocycles. The molecule has 0 bridgehead atoms. The van der Waals surface area contributed by atoms with Crippen molar-refractivity contribution in [3.8, 4) is 0 Å². The standard InChI is InChI=1S/C11H20N2O3S/c1-9(14)12-4-5-13(8-10(15)7-12)11(16)3-6-17-2/h10,15H,3-8H2,1-2H3/t10-/m1/s1. The molecule has 0 unspecified atom stereocenters. The van der Waals surface area contributed by atoms with E-state index < -0.39 is 6.10 Å². The predicted octanol–water partition coefficient (Wildman–Crippen LogP) is -0.209. The Morgan fingerprint density at radius 1 is 1.29 bits per heavy atom. The zero-order chi connectivity index (χ0) is 12.8. The van der Waals surface area contributed by atoms with E-state index in [0.717, 1.165) is 5.75 Å². The number of β-amino-alcohol motifs (C(OH)–C–C–N with tert-alkyl or cyclic N) is 1. The van der Waals surface area contributed by atoms with Gasteiger partial charge in [0.15, 0.2) is 0 Å². The normalized spacial score (nSPS) is 21.2.